The van der Waals surface area contributed by atoms with Crippen LogP contribution in [0.1, 0.15) is 15.9 Å². The molecule has 0 aliphatic rings. The van der Waals surface area contributed by atoms with E-state index in [-0.39, 0.29) is 17.3 Å². The number of ether oxygens (including phenoxy) is 1. The maximum Gasteiger partial charge on any atom is 0.276 e. The standard InChI is InChI=1S/C17H15BrClN3O3S/c1-10-6-7-14(12(18)8-10)25-9-15(23)21-22-17(26)20-16(24)11-4-2-3-5-13(11)19/h2-8H,9H2,1H3,(H,21,23)(H2,20,22,24,26). The van der Waals surface area contributed by atoms with Crippen molar-refractivity contribution in [2.75, 3.05) is 6.61 Å². The summed E-state index contributed by atoms with van der Waals surface area (Å²) in [6.07, 6.45) is 0. The fourth-order valence-corrected chi connectivity index (χ4v) is 2.85. The summed E-state index contributed by atoms with van der Waals surface area (Å²) in [6.45, 7) is 1.72. The first kappa shape index (κ1) is 20.2. The van der Waals surface area contributed by atoms with Crippen LogP contribution in [-0.4, -0.2) is 23.5 Å². The highest BCUT2D eigenvalue weighted by Crippen LogP contribution is 2.25. The van der Waals surface area contributed by atoms with Crippen LogP contribution < -0.4 is 20.9 Å². The zero-order chi connectivity index (χ0) is 19.1. The zero-order valence-electron chi connectivity index (χ0n) is 13.6. The number of carbonyl (C=O) groups is 2. The average Bonchev–Trinajstić information content (AvgIpc) is 2.59. The highest BCUT2D eigenvalue weighted by atomic mass is 79.9. The maximum atomic E-state index is 12.0. The molecule has 0 bridgehead atoms. The van der Waals surface area contributed by atoms with E-state index in [1.165, 1.54) is 0 Å². The van der Waals surface area contributed by atoms with Gasteiger partial charge in [0.25, 0.3) is 11.8 Å². The SMILES string of the molecule is Cc1ccc(OCC(=O)NNC(=S)NC(=O)c2ccccc2Cl)c(Br)c1. The van der Waals surface area contributed by atoms with Gasteiger partial charge in [0, 0.05) is 0 Å². The Hall–Kier alpha value is -2.16. The van der Waals surface area contributed by atoms with Gasteiger partial charge in [-0.3, -0.25) is 25.8 Å². The first-order chi connectivity index (χ1) is 12.4. The quantitative estimate of drug-likeness (QED) is 0.487. The van der Waals surface area contributed by atoms with E-state index in [1.807, 2.05) is 19.1 Å². The summed E-state index contributed by atoms with van der Waals surface area (Å²) in [6, 6.07) is 12.1. The molecule has 0 fully saturated rings. The van der Waals surface area contributed by atoms with Crippen molar-refractivity contribution in [3.63, 3.8) is 0 Å². The summed E-state index contributed by atoms with van der Waals surface area (Å²) in [5, 5.41) is 2.65. The molecule has 0 unspecified atom stereocenters. The molecule has 26 heavy (non-hydrogen) atoms. The number of hydrazine groups is 1. The normalized spacial score (nSPS) is 9.96. The van der Waals surface area contributed by atoms with Crippen LogP contribution in [0.15, 0.2) is 46.9 Å². The molecule has 0 saturated heterocycles. The minimum atomic E-state index is -0.484. The fraction of sp³-hybridized carbons (Fsp3) is 0.118. The monoisotopic (exact) mass is 455 g/mol. The van der Waals surface area contributed by atoms with Gasteiger partial charge < -0.3 is 4.74 Å². The molecule has 0 saturated carbocycles. The maximum absolute atomic E-state index is 12.0. The van der Waals surface area contributed by atoms with Crippen LogP contribution >= 0.6 is 39.7 Å². The number of amides is 2. The van der Waals surface area contributed by atoms with E-state index in [0.29, 0.717) is 10.8 Å². The molecule has 2 aromatic rings. The van der Waals surface area contributed by atoms with Crippen molar-refractivity contribution < 1.29 is 14.3 Å². The molecule has 0 spiro atoms. The van der Waals surface area contributed by atoms with Crippen molar-refractivity contribution >= 4 is 56.7 Å². The van der Waals surface area contributed by atoms with Crippen molar-refractivity contribution in [3.05, 3.63) is 63.1 Å². The van der Waals surface area contributed by atoms with Crippen LogP contribution in [0.4, 0.5) is 0 Å². The number of rotatable bonds is 4. The van der Waals surface area contributed by atoms with E-state index in [1.54, 1.807) is 30.3 Å². The molecule has 0 atom stereocenters. The van der Waals surface area contributed by atoms with Gasteiger partial charge in [-0.15, -0.1) is 0 Å². The second kappa shape index (κ2) is 9.51. The number of hydrogen-bond acceptors (Lipinski definition) is 4. The third-order valence-electron chi connectivity index (χ3n) is 3.11. The molecule has 2 amide bonds. The van der Waals surface area contributed by atoms with Crippen LogP contribution in [0.25, 0.3) is 0 Å². The molecule has 0 heterocycles. The Morgan fingerprint density at radius 1 is 1.19 bits per heavy atom. The molecule has 2 aromatic carbocycles. The van der Waals surface area contributed by atoms with Crippen LogP contribution in [0, 0.1) is 6.92 Å². The van der Waals surface area contributed by atoms with Crippen molar-refractivity contribution in [2.45, 2.75) is 6.92 Å². The summed E-state index contributed by atoms with van der Waals surface area (Å²) in [5.74, 6) is -0.408. The lowest BCUT2D eigenvalue weighted by Gasteiger charge is -2.12. The van der Waals surface area contributed by atoms with Gasteiger partial charge in [0.1, 0.15) is 5.75 Å². The molecule has 6 nitrogen and oxygen atoms in total. The third-order valence-corrected chi connectivity index (χ3v) is 4.26. The van der Waals surface area contributed by atoms with Crippen molar-refractivity contribution in [3.8, 4) is 5.75 Å². The van der Waals surface area contributed by atoms with Gasteiger partial charge in [0.2, 0.25) is 0 Å². The minimum Gasteiger partial charge on any atom is -0.483 e. The fourth-order valence-electron chi connectivity index (χ4n) is 1.88. The van der Waals surface area contributed by atoms with E-state index in [2.05, 4.69) is 32.1 Å². The Labute approximate surface area is 169 Å². The molecule has 3 N–H and O–H groups in total. The molecular formula is C17H15BrClN3O3S. The van der Waals surface area contributed by atoms with Crippen LogP contribution in [-0.2, 0) is 4.79 Å². The average molecular weight is 457 g/mol. The van der Waals surface area contributed by atoms with Crippen molar-refractivity contribution in [1.29, 1.82) is 0 Å². The van der Waals surface area contributed by atoms with Crippen LogP contribution in [0.3, 0.4) is 0 Å². The highest BCUT2D eigenvalue weighted by Gasteiger charge is 2.12. The Balaban J connectivity index is 1.77. The number of benzene rings is 2. The lowest BCUT2D eigenvalue weighted by Crippen LogP contribution is -2.49. The molecule has 0 radical (unpaired) electrons. The van der Waals surface area contributed by atoms with E-state index >= 15 is 0 Å². The Morgan fingerprint density at radius 2 is 1.92 bits per heavy atom. The molecule has 0 aromatic heterocycles. The number of carbonyl (C=O) groups excluding carboxylic acids is 2. The van der Waals surface area contributed by atoms with E-state index < -0.39 is 11.8 Å². The van der Waals surface area contributed by atoms with E-state index in [4.69, 9.17) is 28.6 Å². The van der Waals surface area contributed by atoms with Crippen LogP contribution in [0.5, 0.6) is 5.75 Å². The smallest absolute Gasteiger partial charge is 0.276 e. The molecule has 0 aliphatic heterocycles. The number of halogens is 2. The van der Waals surface area contributed by atoms with Gasteiger partial charge in [-0.25, -0.2) is 0 Å². The minimum absolute atomic E-state index is 0.0696. The summed E-state index contributed by atoms with van der Waals surface area (Å²) in [4.78, 5) is 23.8. The molecule has 136 valence electrons. The van der Waals surface area contributed by atoms with Gasteiger partial charge in [-0.05, 0) is 64.9 Å². The van der Waals surface area contributed by atoms with Crippen molar-refractivity contribution in [2.24, 2.45) is 0 Å². The number of nitrogens with one attached hydrogen (secondary N) is 3. The molecule has 0 aliphatic carbocycles. The van der Waals surface area contributed by atoms with Crippen molar-refractivity contribution in [1.82, 2.24) is 16.2 Å². The number of thiocarbonyl (C=S) groups is 1. The number of aryl methyl sites for hydroxylation is 1. The summed E-state index contributed by atoms with van der Waals surface area (Å²) >= 11 is 14.3. The summed E-state index contributed by atoms with van der Waals surface area (Å²) in [5.41, 5.74) is 6.10. The number of hydrogen-bond donors (Lipinski definition) is 3. The van der Waals surface area contributed by atoms with Crippen LogP contribution in [0.2, 0.25) is 5.02 Å². The third kappa shape index (κ3) is 5.98. The molecule has 9 heteroatoms. The second-order valence-electron chi connectivity index (χ2n) is 5.16. The van der Waals surface area contributed by atoms with Gasteiger partial charge >= 0.3 is 0 Å². The first-order valence-electron chi connectivity index (χ1n) is 7.40. The summed E-state index contributed by atoms with van der Waals surface area (Å²) in [7, 11) is 0. The zero-order valence-corrected chi connectivity index (χ0v) is 16.8. The van der Waals surface area contributed by atoms with Gasteiger partial charge in [-0.1, -0.05) is 29.8 Å². The van der Waals surface area contributed by atoms with Gasteiger partial charge in [-0.2, -0.15) is 0 Å². The lowest BCUT2D eigenvalue weighted by atomic mass is 10.2. The molecular weight excluding hydrogens is 442 g/mol. The Morgan fingerprint density at radius 3 is 2.62 bits per heavy atom. The lowest BCUT2D eigenvalue weighted by molar-refractivity contribution is -0.123. The second-order valence-corrected chi connectivity index (χ2v) is 6.83. The highest BCUT2D eigenvalue weighted by molar-refractivity contribution is 9.10. The predicted octanol–water partition coefficient (Wildman–Crippen LogP) is 3.13. The van der Waals surface area contributed by atoms with Gasteiger partial charge in [0.05, 0.1) is 15.1 Å². The topological polar surface area (TPSA) is 79.5 Å². The largest absolute Gasteiger partial charge is 0.483 e. The Kier molecular flexibility index (Phi) is 7.38. The first-order valence-corrected chi connectivity index (χ1v) is 8.98. The Bertz CT molecular complexity index is 848. The van der Waals surface area contributed by atoms with Gasteiger partial charge in [0.15, 0.2) is 11.7 Å². The summed E-state index contributed by atoms with van der Waals surface area (Å²) < 4.78 is 6.16. The van der Waals surface area contributed by atoms with E-state index in [9.17, 15) is 9.59 Å². The molecule has 2 rings (SSSR count). The predicted molar refractivity (Wildman–Crippen MR) is 107 cm³/mol. The van der Waals surface area contributed by atoms with E-state index in [0.717, 1.165) is 10.0 Å².